The van der Waals surface area contributed by atoms with Gasteiger partial charge in [0.05, 0.1) is 11.0 Å². The van der Waals surface area contributed by atoms with E-state index in [1.807, 2.05) is 30.3 Å². The van der Waals surface area contributed by atoms with Gasteiger partial charge >= 0.3 is 11.7 Å². The summed E-state index contributed by atoms with van der Waals surface area (Å²) in [5, 5.41) is 11.9. The molecule has 0 saturated carbocycles. The first-order chi connectivity index (χ1) is 12.9. The molecule has 3 rings (SSSR count). The Hall–Kier alpha value is -3.35. The predicted octanol–water partition coefficient (Wildman–Crippen LogP) is 2.07. The van der Waals surface area contributed by atoms with Crippen LogP contribution in [0.25, 0.3) is 11.0 Å². The number of aliphatic carboxylic acids is 1. The largest absolute Gasteiger partial charge is 0.481 e. The smallest absolute Gasteiger partial charge is 0.326 e. The van der Waals surface area contributed by atoms with Crippen LogP contribution in [0.4, 0.5) is 0 Å². The third-order valence-electron chi connectivity index (χ3n) is 4.53. The van der Waals surface area contributed by atoms with Crippen LogP contribution in [0.3, 0.4) is 0 Å². The van der Waals surface area contributed by atoms with E-state index in [0.717, 1.165) is 5.56 Å². The topological polar surface area (TPSA) is 104 Å². The molecule has 1 atom stereocenters. The highest BCUT2D eigenvalue weighted by Gasteiger charge is 2.17. The number of aromatic amines is 1. The number of carboxylic acid groups (broad SMARTS) is 1. The van der Waals surface area contributed by atoms with Gasteiger partial charge in [0.15, 0.2) is 0 Å². The summed E-state index contributed by atoms with van der Waals surface area (Å²) < 4.78 is 1.44. The van der Waals surface area contributed by atoms with Crippen molar-refractivity contribution >= 4 is 22.9 Å². The van der Waals surface area contributed by atoms with Crippen LogP contribution >= 0.6 is 0 Å². The first-order valence-electron chi connectivity index (χ1n) is 8.69. The zero-order valence-electron chi connectivity index (χ0n) is 14.9. The summed E-state index contributed by atoms with van der Waals surface area (Å²) in [4.78, 5) is 38.1. The molecule has 0 bridgehead atoms. The molecular weight excluding hydrogens is 346 g/mol. The third-order valence-corrected chi connectivity index (χ3v) is 4.53. The summed E-state index contributed by atoms with van der Waals surface area (Å²) in [5.74, 6) is -1.19. The second-order valence-electron chi connectivity index (χ2n) is 6.51. The Bertz CT molecular complexity index is 1020. The number of carbonyl (C=O) groups is 2. The third kappa shape index (κ3) is 4.44. The van der Waals surface area contributed by atoms with Gasteiger partial charge in [0, 0.05) is 25.1 Å². The van der Waals surface area contributed by atoms with Crippen LogP contribution in [0, 0.1) is 0 Å². The lowest BCUT2D eigenvalue weighted by Gasteiger charge is -2.18. The summed E-state index contributed by atoms with van der Waals surface area (Å²) in [6.45, 7) is 0. The quantitative estimate of drug-likeness (QED) is 0.595. The van der Waals surface area contributed by atoms with E-state index >= 15 is 0 Å². The second-order valence-corrected chi connectivity index (χ2v) is 6.51. The standard InChI is InChI=1S/C20H21N3O4/c1-23-17-12-14(7-9-16(17)22-20(23)27)19(26)21-15(8-10-18(24)25)11-13-5-3-2-4-6-13/h2-7,9,12,15H,8,10-11H2,1H3,(H,21,26)(H,22,27)(H,24,25). The minimum Gasteiger partial charge on any atom is -0.481 e. The van der Waals surface area contributed by atoms with E-state index in [0.29, 0.717) is 29.4 Å². The molecule has 7 heteroatoms. The van der Waals surface area contributed by atoms with E-state index in [4.69, 9.17) is 5.11 Å². The van der Waals surface area contributed by atoms with Crippen LogP contribution in [-0.2, 0) is 18.3 Å². The first-order valence-corrected chi connectivity index (χ1v) is 8.69. The van der Waals surface area contributed by atoms with Crippen molar-refractivity contribution in [3.05, 3.63) is 70.1 Å². The van der Waals surface area contributed by atoms with Gasteiger partial charge in [-0.15, -0.1) is 0 Å². The van der Waals surface area contributed by atoms with Crippen LogP contribution < -0.4 is 11.0 Å². The van der Waals surface area contributed by atoms with Gasteiger partial charge in [0.25, 0.3) is 5.91 Å². The maximum absolute atomic E-state index is 12.7. The molecule has 0 aliphatic rings. The molecule has 0 aliphatic carbocycles. The number of imidazole rings is 1. The lowest BCUT2D eigenvalue weighted by molar-refractivity contribution is -0.137. The molecule has 1 aromatic heterocycles. The molecule has 3 aromatic rings. The van der Waals surface area contributed by atoms with Gasteiger partial charge in [-0.1, -0.05) is 30.3 Å². The van der Waals surface area contributed by atoms with Crippen molar-refractivity contribution in [2.45, 2.75) is 25.3 Å². The number of benzene rings is 2. The Labute approximate surface area is 155 Å². The predicted molar refractivity (Wildman–Crippen MR) is 102 cm³/mol. The summed E-state index contributed by atoms with van der Waals surface area (Å²) in [7, 11) is 1.63. The highest BCUT2D eigenvalue weighted by atomic mass is 16.4. The summed E-state index contributed by atoms with van der Waals surface area (Å²) >= 11 is 0. The molecule has 7 nitrogen and oxygen atoms in total. The summed E-state index contributed by atoms with van der Waals surface area (Å²) in [6.07, 6.45) is 0.856. The summed E-state index contributed by atoms with van der Waals surface area (Å²) in [5.41, 5.74) is 2.50. The zero-order valence-corrected chi connectivity index (χ0v) is 14.9. The van der Waals surface area contributed by atoms with Crippen molar-refractivity contribution < 1.29 is 14.7 Å². The maximum atomic E-state index is 12.7. The van der Waals surface area contributed by atoms with E-state index in [-0.39, 0.29) is 24.1 Å². The average molecular weight is 367 g/mol. The minimum atomic E-state index is -0.897. The van der Waals surface area contributed by atoms with Gasteiger partial charge in [-0.2, -0.15) is 0 Å². The molecule has 0 fully saturated rings. The number of hydrogen-bond acceptors (Lipinski definition) is 3. The monoisotopic (exact) mass is 367 g/mol. The second kappa shape index (κ2) is 7.90. The van der Waals surface area contributed by atoms with Gasteiger partial charge < -0.3 is 15.4 Å². The van der Waals surface area contributed by atoms with Crippen molar-refractivity contribution in [3.8, 4) is 0 Å². The number of aromatic nitrogens is 2. The molecule has 1 heterocycles. The number of amides is 1. The molecule has 1 amide bonds. The van der Waals surface area contributed by atoms with Crippen LogP contribution in [0.15, 0.2) is 53.3 Å². The van der Waals surface area contributed by atoms with E-state index in [1.165, 1.54) is 4.57 Å². The van der Waals surface area contributed by atoms with Gasteiger partial charge in [-0.3, -0.25) is 14.2 Å². The fourth-order valence-electron chi connectivity index (χ4n) is 3.05. The normalized spacial score (nSPS) is 12.0. The van der Waals surface area contributed by atoms with Crippen molar-refractivity contribution in [2.24, 2.45) is 7.05 Å². The Morgan fingerprint density at radius 2 is 1.93 bits per heavy atom. The molecule has 0 spiro atoms. The molecule has 3 N–H and O–H groups in total. The number of rotatable bonds is 7. The van der Waals surface area contributed by atoms with Crippen LogP contribution in [-0.4, -0.2) is 32.6 Å². The number of fused-ring (bicyclic) bond motifs is 1. The maximum Gasteiger partial charge on any atom is 0.326 e. The molecular formula is C20H21N3O4. The number of H-pyrrole nitrogens is 1. The number of nitrogens with one attached hydrogen (secondary N) is 2. The number of nitrogens with zero attached hydrogens (tertiary/aromatic N) is 1. The van der Waals surface area contributed by atoms with E-state index in [9.17, 15) is 14.4 Å². The highest BCUT2D eigenvalue weighted by Crippen LogP contribution is 2.14. The fraction of sp³-hybridized carbons (Fsp3) is 0.250. The Morgan fingerprint density at radius 1 is 1.19 bits per heavy atom. The van der Waals surface area contributed by atoms with Crippen LogP contribution in [0.2, 0.25) is 0 Å². The number of hydrogen-bond donors (Lipinski definition) is 3. The molecule has 0 saturated heterocycles. The van der Waals surface area contributed by atoms with Crippen molar-refractivity contribution in [3.63, 3.8) is 0 Å². The minimum absolute atomic E-state index is 0.0247. The molecule has 2 aromatic carbocycles. The Morgan fingerprint density at radius 3 is 2.63 bits per heavy atom. The fourth-order valence-corrected chi connectivity index (χ4v) is 3.05. The van der Waals surface area contributed by atoms with E-state index < -0.39 is 5.97 Å². The van der Waals surface area contributed by atoms with Gasteiger partial charge in [0.2, 0.25) is 0 Å². The lowest BCUT2D eigenvalue weighted by Crippen LogP contribution is -2.37. The molecule has 0 radical (unpaired) electrons. The highest BCUT2D eigenvalue weighted by molar-refractivity contribution is 5.97. The van der Waals surface area contributed by atoms with E-state index in [2.05, 4.69) is 10.3 Å². The number of aryl methyl sites for hydroxylation is 1. The summed E-state index contributed by atoms with van der Waals surface area (Å²) in [6, 6.07) is 14.3. The van der Waals surface area contributed by atoms with Gasteiger partial charge in [-0.25, -0.2) is 4.79 Å². The molecule has 27 heavy (non-hydrogen) atoms. The lowest BCUT2D eigenvalue weighted by atomic mass is 10.0. The van der Waals surface area contributed by atoms with Gasteiger partial charge in [-0.05, 0) is 36.6 Å². The molecule has 1 unspecified atom stereocenters. The zero-order chi connectivity index (χ0) is 19.4. The molecule has 0 aliphatic heterocycles. The van der Waals surface area contributed by atoms with Crippen LogP contribution in [0.5, 0.6) is 0 Å². The molecule has 140 valence electrons. The average Bonchev–Trinajstić information content (AvgIpc) is 2.94. The SMILES string of the molecule is Cn1c(=O)[nH]c2ccc(C(=O)NC(CCC(=O)O)Cc3ccccc3)cc21. The van der Waals surface area contributed by atoms with Crippen LogP contribution in [0.1, 0.15) is 28.8 Å². The number of carboxylic acids is 1. The van der Waals surface area contributed by atoms with Crippen molar-refractivity contribution in [1.29, 1.82) is 0 Å². The number of carbonyl (C=O) groups excluding carboxylic acids is 1. The van der Waals surface area contributed by atoms with Crippen molar-refractivity contribution in [1.82, 2.24) is 14.9 Å². The Kier molecular flexibility index (Phi) is 5.40. The van der Waals surface area contributed by atoms with E-state index in [1.54, 1.807) is 25.2 Å². The van der Waals surface area contributed by atoms with Crippen molar-refractivity contribution in [2.75, 3.05) is 0 Å². The Balaban J connectivity index is 1.79. The van der Waals surface area contributed by atoms with Gasteiger partial charge in [0.1, 0.15) is 0 Å². The first kappa shape index (κ1) is 18.4.